The summed E-state index contributed by atoms with van der Waals surface area (Å²) in [5, 5.41) is 19.8. The molecule has 14 heavy (non-hydrogen) atoms. The van der Waals surface area contributed by atoms with Gasteiger partial charge >= 0.3 is 0 Å². The molecule has 0 unspecified atom stereocenters. The molecule has 0 saturated heterocycles. The van der Waals surface area contributed by atoms with E-state index in [1.54, 1.807) is 6.08 Å². The zero-order valence-electron chi connectivity index (χ0n) is 8.50. The van der Waals surface area contributed by atoms with Crippen LogP contribution in [-0.4, -0.2) is 22.4 Å². The van der Waals surface area contributed by atoms with Gasteiger partial charge in [0.2, 0.25) is 0 Å². The minimum absolute atomic E-state index is 0.0697. The largest absolute Gasteiger partial charge is 0.396 e. The minimum atomic E-state index is -0.994. The molecule has 0 bridgehead atoms. The van der Waals surface area contributed by atoms with Crippen molar-refractivity contribution in [3.63, 3.8) is 0 Å². The van der Waals surface area contributed by atoms with Crippen LogP contribution in [0.5, 0.6) is 0 Å². The molecule has 2 N–H and O–H groups in total. The first-order valence-electron chi connectivity index (χ1n) is 5.04. The number of rotatable bonds is 3. The lowest BCUT2D eigenvalue weighted by atomic mass is 9.62. The Balaban J connectivity index is 2.99. The van der Waals surface area contributed by atoms with E-state index in [-0.39, 0.29) is 6.61 Å². The second-order valence-electron chi connectivity index (χ2n) is 4.15. The molecule has 2 atom stereocenters. The van der Waals surface area contributed by atoms with Crippen LogP contribution < -0.4 is 0 Å². The van der Waals surface area contributed by atoms with Gasteiger partial charge in [0, 0.05) is 11.8 Å². The second-order valence-corrected chi connectivity index (χ2v) is 4.15. The van der Waals surface area contributed by atoms with Crippen molar-refractivity contribution in [3.05, 3.63) is 12.7 Å². The van der Waals surface area contributed by atoms with Gasteiger partial charge in [-0.3, -0.25) is 0 Å². The Morgan fingerprint density at radius 2 is 2.07 bits per heavy atom. The third-order valence-corrected chi connectivity index (χ3v) is 3.46. The van der Waals surface area contributed by atoms with Crippen LogP contribution in [0.2, 0.25) is 0 Å². The molecule has 0 amide bonds. The molecule has 1 fully saturated rings. The van der Waals surface area contributed by atoms with Gasteiger partial charge in [-0.1, -0.05) is 18.9 Å². The van der Waals surface area contributed by atoms with E-state index in [0.717, 1.165) is 19.3 Å². The van der Waals surface area contributed by atoms with Gasteiger partial charge in [-0.15, -0.1) is 18.9 Å². The summed E-state index contributed by atoms with van der Waals surface area (Å²) in [6.45, 7) is 3.58. The molecule has 78 valence electrons. The molecular weight excluding hydrogens is 176 g/mol. The van der Waals surface area contributed by atoms with Crippen molar-refractivity contribution < 1.29 is 10.2 Å². The zero-order valence-corrected chi connectivity index (χ0v) is 8.50. The lowest BCUT2D eigenvalue weighted by Crippen LogP contribution is -2.51. The topological polar surface area (TPSA) is 40.5 Å². The van der Waals surface area contributed by atoms with Crippen LogP contribution >= 0.6 is 0 Å². The maximum absolute atomic E-state index is 10.3. The van der Waals surface area contributed by atoms with Gasteiger partial charge in [0.05, 0.1) is 12.2 Å². The predicted octanol–water partition coefficient (Wildman–Crippen LogP) is 1.48. The Bertz CT molecular complexity index is 254. The summed E-state index contributed by atoms with van der Waals surface area (Å²) >= 11 is 0. The van der Waals surface area contributed by atoms with Gasteiger partial charge in [-0.05, 0) is 12.8 Å². The van der Waals surface area contributed by atoms with Crippen molar-refractivity contribution in [2.75, 3.05) is 6.61 Å². The quantitative estimate of drug-likeness (QED) is 0.527. The highest BCUT2D eigenvalue weighted by molar-refractivity contribution is 5.14. The molecule has 2 nitrogen and oxygen atoms in total. The molecule has 2 heteroatoms. The number of hydrogen-bond acceptors (Lipinski definition) is 2. The average molecular weight is 194 g/mol. The molecule has 0 aromatic carbocycles. The summed E-state index contributed by atoms with van der Waals surface area (Å²) in [4.78, 5) is 0. The van der Waals surface area contributed by atoms with E-state index in [1.165, 1.54) is 0 Å². The van der Waals surface area contributed by atoms with Crippen molar-refractivity contribution in [2.45, 2.75) is 37.7 Å². The van der Waals surface area contributed by atoms with Crippen molar-refractivity contribution in [1.29, 1.82) is 0 Å². The Labute approximate surface area is 85.6 Å². The van der Waals surface area contributed by atoms with Gasteiger partial charge in [-0.2, -0.15) is 0 Å². The number of hydrogen-bond donors (Lipinski definition) is 2. The highest BCUT2D eigenvalue weighted by Crippen LogP contribution is 2.47. The first-order chi connectivity index (χ1) is 6.64. The maximum Gasteiger partial charge on any atom is 0.0912 e. The van der Waals surface area contributed by atoms with Gasteiger partial charge < -0.3 is 10.2 Å². The fraction of sp³-hybridized carbons (Fsp3) is 0.667. The van der Waals surface area contributed by atoms with Gasteiger partial charge in [-0.25, -0.2) is 0 Å². The Kier molecular flexibility index (Phi) is 3.36. The van der Waals surface area contributed by atoms with Crippen LogP contribution in [0.1, 0.15) is 32.1 Å². The third-order valence-electron chi connectivity index (χ3n) is 3.46. The number of terminal acetylenes is 1. The molecule has 1 saturated carbocycles. The SMILES string of the molecule is C#CC[C@]1(CO)CCCC[C@@]1(O)C=C. The van der Waals surface area contributed by atoms with Gasteiger partial charge in [0.25, 0.3) is 0 Å². The Morgan fingerprint density at radius 3 is 2.57 bits per heavy atom. The summed E-state index contributed by atoms with van der Waals surface area (Å²) < 4.78 is 0. The molecule has 1 aliphatic rings. The molecule has 0 radical (unpaired) electrons. The molecule has 0 aromatic rings. The molecule has 0 spiro atoms. The summed E-state index contributed by atoms with van der Waals surface area (Å²) in [6, 6.07) is 0. The van der Waals surface area contributed by atoms with Crippen LogP contribution in [0.25, 0.3) is 0 Å². The fourth-order valence-electron chi connectivity index (χ4n) is 2.37. The zero-order chi connectivity index (χ0) is 10.7. The van der Waals surface area contributed by atoms with Crippen LogP contribution in [0.4, 0.5) is 0 Å². The molecule has 0 aliphatic heterocycles. The van der Waals surface area contributed by atoms with Crippen LogP contribution in [0.3, 0.4) is 0 Å². The van der Waals surface area contributed by atoms with E-state index in [9.17, 15) is 10.2 Å². The highest BCUT2D eigenvalue weighted by atomic mass is 16.3. The maximum atomic E-state index is 10.3. The van der Waals surface area contributed by atoms with E-state index < -0.39 is 11.0 Å². The van der Waals surface area contributed by atoms with Crippen molar-refractivity contribution in [2.24, 2.45) is 5.41 Å². The van der Waals surface area contributed by atoms with Crippen molar-refractivity contribution in [3.8, 4) is 12.3 Å². The number of aliphatic hydroxyl groups is 2. The predicted molar refractivity (Wildman–Crippen MR) is 56.6 cm³/mol. The van der Waals surface area contributed by atoms with E-state index in [1.807, 2.05) is 0 Å². The van der Waals surface area contributed by atoms with Gasteiger partial charge in [0.15, 0.2) is 0 Å². The standard InChI is InChI=1S/C12H18O2/c1-3-7-11(10-13)8-5-6-9-12(11,14)4-2/h1,4,13-14H,2,5-10H2/t11-,12+/m1/s1. The average Bonchev–Trinajstić information content (AvgIpc) is 2.22. The number of aliphatic hydroxyl groups excluding tert-OH is 1. The Morgan fingerprint density at radius 1 is 1.43 bits per heavy atom. The smallest absolute Gasteiger partial charge is 0.0912 e. The normalized spacial score (nSPS) is 37.5. The molecule has 1 aliphatic carbocycles. The van der Waals surface area contributed by atoms with E-state index in [2.05, 4.69) is 12.5 Å². The molecule has 0 heterocycles. The van der Waals surface area contributed by atoms with Crippen LogP contribution in [0.15, 0.2) is 12.7 Å². The summed E-state index contributed by atoms with van der Waals surface area (Å²) in [5.41, 5.74) is -1.56. The van der Waals surface area contributed by atoms with Gasteiger partial charge in [0.1, 0.15) is 0 Å². The third kappa shape index (κ3) is 1.58. The highest BCUT2D eigenvalue weighted by Gasteiger charge is 2.48. The lowest BCUT2D eigenvalue weighted by molar-refractivity contribution is -0.101. The van der Waals surface area contributed by atoms with Crippen LogP contribution in [0, 0.1) is 17.8 Å². The monoisotopic (exact) mass is 194 g/mol. The van der Waals surface area contributed by atoms with E-state index >= 15 is 0 Å². The molecular formula is C12H18O2. The first kappa shape index (κ1) is 11.3. The van der Waals surface area contributed by atoms with Crippen LogP contribution in [-0.2, 0) is 0 Å². The molecule has 0 aromatic heterocycles. The molecule has 1 rings (SSSR count). The lowest BCUT2D eigenvalue weighted by Gasteiger charge is -2.47. The van der Waals surface area contributed by atoms with E-state index in [4.69, 9.17) is 6.42 Å². The first-order valence-corrected chi connectivity index (χ1v) is 5.04. The van der Waals surface area contributed by atoms with Crippen molar-refractivity contribution >= 4 is 0 Å². The van der Waals surface area contributed by atoms with Crippen molar-refractivity contribution in [1.82, 2.24) is 0 Å². The fourth-order valence-corrected chi connectivity index (χ4v) is 2.37. The summed E-state index contributed by atoms with van der Waals surface area (Å²) in [7, 11) is 0. The Hall–Kier alpha value is -0.780. The summed E-state index contributed by atoms with van der Waals surface area (Å²) in [5.74, 6) is 2.55. The second kappa shape index (κ2) is 4.16. The summed E-state index contributed by atoms with van der Waals surface area (Å²) in [6.07, 6.45) is 10.6. The minimum Gasteiger partial charge on any atom is -0.396 e. The van der Waals surface area contributed by atoms with E-state index in [0.29, 0.717) is 12.8 Å².